The molecule has 1 fully saturated rings. The summed E-state index contributed by atoms with van der Waals surface area (Å²) < 4.78 is 1.59. The average Bonchev–Trinajstić information content (AvgIpc) is 3.53. The predicted octanol–water partition coefficient (Wildman–Crippen LogP) is 3.93. The molecule has 0 spiro atoms. The highest BCUT2D eigenvalue weighted by molar-refractivity contribution is 7.15. The number of amides is 1. The Balaban J connectivity index is 1.12. The zero-order valence-electron chi connectivity index (χ0n) is 18.0. The van der Waals surface area contributed by atoms with Gasteiger partial charge in [-0.2, -0.15) is 0 Å². The number of rotatable bonds is 6. The number of piperazine rings is 1. The molecule has 0 atom stereocenters. The Hall–Kier alpha value is -3.07. The standard InChI is InChI=1S/C24H23ClN6OS/c25-20-3-1-2-19(15-20)23-9-8-22(33-23)16-29-10-12-30(13-11-29)24(32)14-18-4-6-21(7-5-18)31-17-26-27-28-31/h1-9,15,17H,10-14,16H2. The first-order valence-electron chi connectivity index (χ1n) is 10.8. The molecular formula is C24H23ClN6OS. The molecule has 2 aromatic carbocycles. The van der Waals surface area contributed by atoms with Crippen LogP contribution in [0, 0.1) is 0 Å². The molecule has 7 nitrogen and oxygen atoms in total. The first-order valence-corrected chi connectivity index (χ1v) is 12.0. The van der Waals surface area contributed by atoms with Crippen molar-refractivity contribution in [3.63, 3.8) is 0 Å². The molecule has 0 radical (unpaired) electrons. The van der Waals surface area contributed by atoms with Crippen LogP contribution in [0.1, 0.15) is 10.4 Å². The number of hydrogen-bond acceptors (Lipinski definition) is 6. The monoisotopic (exact) mass is 478 g/mol. The smallest absolute Gasteiger partial charge is 0.227 e. The molecule has 0 aliphatic carbocycles. The molecule has 1 amide bonds. The normalized spacial score (nSPS) is 14.5. The summed E-state index contributed by atoms with van der Waals surface area (Å²) in [6.45, 7) is 4.19. The van der Waals surface area contributed by atoms with Crippen molar-refractivity contribution in [3.05, 3.63) is 82.5 Å². The molecule has 1 saturated heterocycles. The number of aromatic nitrogens is 4. The summed E-state index contributed by atoms with van der Waals surface area (Å²) >= 11 is 7.93. The van der Waals surface area contributed by atoms with E-state index in [1.54, 1.807) is 22.3 Å². The molecule has 33 heavy (non-hydrogen) atoms. The molecule has 1 aliphatic heterocycles. The molecule has 1 aliphatic rings. The van der Waals surface area contributed by atoms with E-state index in [0.717, 1.165) is 54.6 Å². The van der Waals surface area contributed by atoms with Crippen LogP contribution in [0.15, 0.2) is 67.0 Å². The fourth-order valence-corrected chi connectivity index (χ4v) is 5.20. The Labute approximate surface area is 201 Å². The summed E-state index contributed by atoms with van der Waals surface area (Å²) in [4.78, 5) is 19.7. The van der Waals surface area contributed by atoms with Crippen LogP contribution in [0.2, 0.25) is 5.02 Å². The molecule has 0 unspecified atom stereocenters. The van der Waals surface area contributed by atoms with Crippen LogP contribution in [0.4, 0.5) is 0 Å². The lowest BCUT2D eigenvalue weighted by Crippen LogP contribution is -2.48. The van der Waals surface area contributed by atoms with Crippen molar-refractivity contribution in [3.8, 4) is 16.1 Å². The molecule has 5 rings (SSSR count). The van der Waals surface area contributed by atoms with Crippen molar-refractivity contribution in [2.45, 2.75) is 13.0 Å². The van der Waals surface area contributed by atoms with Gasteiger partial charge in [0.05, 0.1) is 12.1 Å². The predicted molar refractivity (Wildman–Crippen MR) is 129 cm³/mol. The van der Waals surface area contributed by atoms with Crippen molar-refractivity contribution < 1.29 is 4.79 Å². The lowest BCUT2D eigenvalue weighted by molar-refractivity contribution is -0.132. The van der Waals surface area contributed by atoms with E-state index in [0.29, 0.717) is 6.42 Å². The third-order valence-corrected chi connectivity index (χ3v) is 7.13. The summed E-state index contributed by atoms with van der Waals surface area (Å²) in [7, 11) is 0. The molecule has 0 bridgehead atoms. The van der Waals surface area contributed by atoms with Gasteiger partial charge in [-0.05, 0) is 58.0 Å². The largest absolute Gasteiger partial charge is 0.340 e. The van der Waals surface area contributed by atoms with E-state index in [9.17, 15) is 4.79 Å². The number of tetrazole rings is 1. The fraction of sp³-hybridized carbons (Fsp3) is 0.250. The third-order valence-electron chi connectivity index (χ3n) is 5.78. The van der Waals surface area contributed by atoms with E-state index < -0.39 is 0 Å². The second-order valence-electron chi connectivity index (χ2n) is 8.03. The maximum atomic E-state index is 12.8. The van der Waals surface area contributed by atoms with Gasteiger partial charge in [0.2, 0.25) is 5.91 Å². The Kier molecular flexibility index (Phi) is 6.48. The first-order chi connectivity index (χ1) is 16.1. The van der Waals surface area contributed by atoms with Crippen LogP contribution in [-0.4, -0.2) is 62.1 Å². The highest BCUT2D eigenvalue weighted by Crippen LogP contribution is 2.30. The van der Waals surface area contributed by atoms with Gasteiger partial charge >= 0.3 is 0 Å². The number of carbonyl (C=O) groups excluding carboxylic acids is 1. The van der Waals surface area contributed by atoms with Gasteiger partial charge in [0, 0.05) is 47.5 Å². The number of benzene rings is 2. The van der Waals surface area contributed by atoms with Gasteiger partial charge in [0.25, 0.3) is 0 Å². The van der Waals surface area contributed by atoms with Gasteiger partial charge in [0.15, 0.2) is 0 Å². The summed E-state index contributed by atoms with van der Waals surface area (Å²) in [5.41, 5.74) is 3.02. The minimum absolute atomic E-state index is 0.171. The number of thiophene rings is 1. The van der Waals surface area contributed by atoms with E-state index in [2.05, 4.69) is 38.6 Å². The van der Waals surface area contributed by atoms with Crippen molar-refractivity contribution in [2.24, 2.45) is 0 Å². The molecule has 168 valence electrons. The summed E-state index contributed by atoms with van der Waals surface area (Å²) in [5.74, 6) is 0.171. The second-order valence-corrected chi connectivity index (χ2v) is 9.64. The lowest BCUT2D eigenvalue weighted by atomic mass is 10.1. The molecule has 0 saturated carbocycles. The topological polar surface area (TPSA) is 67.2 Å². The summed E-state index contributed by atoms with van der Waals surface area (Å²) in [5, 5.41) is 11.9. The zero-order chi connectivity index (χ0) is 22.6. The van der Waals surface area contributed by atoms with Crippen LogP contribution in [0.5, 0.6) is 0 Å². The Morgan fingerprint density at radius 3 is 2.55 bits per heavy atom. The van der Waals surface area contributed by atoms with Crippen molar-refractivity contribution >= 4 is 28.8 Å². The number of halogens is 1. The maximum absolute atomic E-state index is 12.8. The minimum atomic E-state index is 0.171. The van der Waals surface area contributed by atoms with Crippen LogP contribution in [0.3, 0.4) is 0 Å². The quantitative estimate of drug-likeness (QED) is 0.420. The van der Waals surface area contributed by atoms with Gasteiger partial charge in [-0.15, -0.1) is 16.4 Å². The first kappa shape index (κ1) is 21.8. The van der Waals surface area contributed by atoms with Gasteiger partial charge in [-0.1, -0.05) is 35.9 Å². The van der Waals surface area contributed by atoms with Gasteiger partial charge in [0.1, 0.15) is 6.33 Å². The van der Waals surface area contributed by atoms with E-state index in [1.165, 1.54) is 9.75 Å². The molecule has 4 aromatic rings. The number of carbonyl (C=O) groups is 1. The highest BCUT2D eigenvalue weighted by atomic mass is 35.5. The second kappa shape index (κ2) is 9.82. The molecule has 3 heterocycles. The van der Waals surface area contributed by atoms with Crippen LogP contribution in [0.25, 0.3) is 16.1 Å². The SMILES string of the molecule is O=C(Cc1ccc(-n2cnnn2)cc1)N1CCN(Cc2ccc(-c3cccc(Cl)c3)s2)CC1. The van der Waals surface area contributed by atoms with Crippen LogP contribution in [-0.2, 0) is 17.8 Å². The number of hydrogen-bond donors (Lipinski definition) is 0. The van der Waals surface area contributed by atoms with Crippen molar-refractivity contribution in [1.82, 2.24) is 30.0 Å². The van der Waals surface area contributed by atoms with Gasteiger partial charge < -0.3 is 4.90 Å². The maximum Gasteiger partial charge on any atom is 0.227 e. The zero-order valence-corrected chi connectivity index (χ0v) is 19.5. The van der Waals surface area contributed by atoms with E-state index in [4.69, 9.17) is 11.6 Å². The van der Waals surface area contributed by atoms with Gasteiger partial charge in [-0.25, -0.2) is 4.68 Å². The van der Waals surface area contributed by atoms with Crippen molar-refractivity contribution in [2.75, 3.05) is 26.2 Å². The molecular weight excluding hydrogens is 456 g/mol. The third kappa shape index (κ3) is 5.30. The Bertz CT molecular complexity index is 1220. The van der Waals surface area contributed by atoms with Gasteiger partial charge in [-0.3, -0.25) is 9.69 Å². The van der Waals surface area contributed by atoms with E-state index in [1.807, 2.05) is 47.4 Å². The molecule has 0 N–H and O–H groups in total. The Morgan fingerprint density at radius 2 is 1.82 bits per heavy atom. The number of nitrogens with zero attached hydrogens (tertiary/aromatic N) is 6. The average molecular weight is 479 g/mol. The molecule has 9 heteroatoms. The summed E-state index contributed by atoms with van der Waals surface area (Å²) in [6, 6.07) is 20.1. The van der Waals surface area contributed by atoms with E-state index >= 15 is 0 Å². The van der Waals surface area contributed by atoms with E-state index in [-0.39, 0.29) is 5.91 Å². The summed E-state index contributed by atoms with van der Waals surface area (Å²) in [6.07, 6.45) is 1.96. The molecule has 2 aromatic heterocycles. The lowest BCUT2D eigenvalue weighted by Gasteiger charge is -2.34. The Morgan fingerprint density at radius 1 is 1.00 bits per heavy atom. The fourth-order valence-electron chi connectivity index (χ4n) is 3.97. The van der Waals surface area contributed by atoms with Crippen molar-refractivity contribution in [1.29, 1.82) is 0 Å². The van der Waals surface area contributed by atoms with Crippen LogP contribution >= 0.6 is 22.9 Å². The highest BCUT2D eigenvalue weighted by Gasteiger charge is 2.21. The minimum Gasteiger partial charge on any atom is -0.340 e. The van der Waals surface area contributed by atoms with Crippen LogP contribution < -0.4 is 0 Å².